The van der Waals surface area contributed by atoms with Crippen LogP contribution in [0.1, 0.15) is 34.3 Å². The monoisotopic (exact) mass is 434 g/mol. The van der Waals surface area contributed by atoms with Crippen molar-refractivity contribution < 1.29 is 9.53 Å². The van der Waals surface area contributed by atoms with Crippen LogP contribution in [0.5, 0.6) is 0 Å². The molecule has 31 heavy (non-hydrogen) atoms. The molecule has 1 aromatic heterocycles. The van der Waals surface area contributed by atoms with Gasteiger partial charge in [0.05, 0.1) is 24.2 Å². The number of nitrogens with zero attached hydrogens (tertiary/aromatic N) is 4. The molecule has 2 heterocycles. The number of aromatic nitrogens is 3. The number of rotatable bonds is 4. The predicted molar refractivity (Wildman–Crippen MR) is 122 cm³/mol. The van der Waals surface area contributed by atoms with Crippen molar-refractivity contribution in [3.63, 3.8) is 0 Å². The number of thioether (sulfide) groups is 1. The van der Waals surface area contributed by atoms with Gasteiger partial charge in [-0.25, -0.2) is 0 Å². The first kappa shape index (κ1) is 20.3. The Morgan fingerprint density at radius 1 is 1.03 bits per heavy atom. The van der Waals surface area contributed by atoms with Gasteiger partial charge >= 0.3 is 0 Å². The molecule has 1 fully saturated rings. The first-order valence-corrected chi connectivity index (χ1v) is 11.7. The summed E-state index contributed by atoms with van der Waals surface area (Å²) in [5, 5.41) is 9.70. The zero-order valence-corrected chi connectivity index (χ0v) is 18.5. The highest BCUT2D eigenvalue weighted by Crippen LogP contribution is 2.35. The molecule has 1 saturated heterocycles. The number of ether oxygens (including phenoxy) is 1. The highest BCUT2D eigenvalue weighted by atomic mass is 32.2. The molecule has 2 aliphatic rings. The molecule has 1 aliphatic carbocycles. The van der Waals surface area contributed by atoms with E-state index in [1.807, 2.05) is 18.2 Å². The Kier molecular flexibility index (Phi) is 5.78. The first-order valence-electron chi connectivity index (χ1n) is 10.8. The minimum Gasteiger partial charge on any atom is -0.378 e. The van der Waals surface area contributed by atoms with Crippen molar-refractivity contribution in [1.82, 2.24) is 14.8 Å². The molecule has 1 unspecified atom stereocenters. The predicted octanol–water partition coefficient (Wildman–Crippen LogP) is 4.09. The second-order valence-electron chi connectivity index (χ2n) is 8.07. The van der Waals surface area contributed by atoms with Crippen LogP contribution in [0.4, 0.5) is 5.95 Å². The number of carbonyl (C=O) groups excluding carboxylic acids is 1. The van der Waals surface area contributed by atoms with Gasteiger partial charge in [-0.05, 0) is 43.9 Å². The SMILES string of the molecule is Cc1ccc(-n2c(SC3CCCc4ccccc4C3=O)nnc2N2CCOCC2)cc1. The van der Waals surface area contributed by atoms with E-state index in [4.69, 9.17) is 4.74 Å². The van der Waals surface area contributed by atoms with E-state index in [1.54, 1.807) is 11.8 Å². The number of Topliss-reactive ketones (excluding diaryl/α,β-unsaturated/α-hetero) is 1. The van der Waals surface area contributed by atoms with Crippen molar-refractivity contribution in [2.24, 2.45) is 0 Å². The maximum absolute atomic E-state index is 13.3. The van der Waals surface area contributed by atoms with Crippen LogP contribution in [0.15, 0.2) is 53.7 Å². The highest BCUT2D eigenvalue weighted by Gasteiger charge is 2.30. The molecular formula is C24H26N4O2S. The summed E-state index contributed by atoms with van der Waals surface area (Å²) < 4.78 is 7.62. The van der Waals surface area contributed by atoms with Crippen molar-refractivity contribution in [2.75, 3.05) is 31.2 Å². The van der Waals surface area contributed by atoms with Crippen LogP contribution < -0.4 is 4.90 Å². The summed E-state index contributed by atoms with van der Waals surface area (Å²) in [4.78, 5) is 15.5. The molecule has 0 saturated carbocycles. The van der Waals surface area contributed by atoms with Gasteiger partial charge in [0.15, 0.2) is 10.9 Å². The number of hydrogen-bond donors (Lipinski definition) is 0. The van der Waals surface area contributed by atoms with Crippen molar-refractivity contribution in [1.29, 1.82) is 0 Å². The Bertz CT molecular complexity index is 1070. The van der Waals surface area contributed by atoms with Crippen LogP contribution in [0, 0.1) is 6.92 Å². The standard InChI is InChI=1S/C24H26N4O2S/c1-17-9-11-19(12-10-17)28-23(27-13-15-30-16-14-27)25-26-24(28)31-21-8-4-6-18-5-2-3-7-20(18)22(21)29/h2-3,5,7,9-12,21H,4,6,8,13-16H2,1H3. The molecule has 0 N–H and O–H groups in total. The lowest BCUT2D eigenvalue weighted by atomic mass is 10.0. The summed E-state index contributed by atoms with van der Waals surface area (Å²) in [6.45, 7) is 5.01. The fourth-order valence-corrected chi connectivity index (χ4v) is 5.38. The molecule has 6 nitrogen and oxygen atoms in total. The molecule has 0 amide bonds. The number of carbonyl (C=O) groups is 1. The van der Waals surface area contributed by atoms with Crippen molar-refractivity contribution in [3.05, 3.63) is 65.2 Å². The van der Waals surface area contributed by atoms with Crippen LogP contribution in [-0.2, 0) is 11.2 Å². The molecule has 1 aliphatic heterocycles. The maximum atomic E-state index is 13.3. The van der Waals surface area contributed by atoms with Gasteiger partial charge in [0.1, 0.15) is 0 Å². The fourth-order valence-electron chi connectivity index (χ4n) is 4.23. The smallest absolute Gasteiger partial charge is 0.232 e. The Hall–Kier alpha value is -2.64. The average molecular weight is 435 g/mol. The summed E-state index contributed by atoms with van der Waals surface area (Å²) >= 11 is 1.54. The van der Waals surface area contributed by atoms with E-state index in [2.05, 4.69) is 56.9 Å². The van der Waals surface area contributed by atoms with E-state index < -0.39 is 0 Å². The summed E-state index contributed by atoms with van der Waals surface area (Å²) in [6, 6.07) is 16.4. The zero-order valence-electron chi connectivity index (χ0n) is 17.7. The molecule has 1 atom stereocenters. The Balaban J connectivity index is 1.51. The molecule has 3 aromatic rings. The lowest BCUT2D eigenvalue weighted by molar-refractivity contribution is 0.0988. The van der Waals surface area contributed by atoms with E-state index in [0.717, 1.165) is 60.3 Å². The minimum atomic E-state index is -0.158. The summed E-state index contributed by atoms with van der Waals surface area (Å²) in [5.74, 6) is 1.01. The lowest BCUT2D eigenvalue weighted by Crippen LogP contribution is -2.37. The van der Waals surface area contributed by atoms with Gasteiger partial charge in [-0.2, -0.15) is 0 Å². The number of benzene rings is 2. The van der Waals surface area contributed by atoms with Crippen LogP contribution >= 0.6 is 11.8 Å². The van der Waals surface area contributed by atoms with Crippen molar-refractivity contribution in [3.8, 4) is 5.69 Å². The van der Waals surface area contributed by atoms with Crippen molar-refractivity contribution in [2.45, 2.75) is 36.6 Å². The van der Waals surface area contributed by atoms with E-state index >= 15 is 0 Å². The molecular weight excluding hydrogens is 408 g/mol. The maximum Gasteiger partial charge on any atom is 0.232 e. The number of morpholine rings is 1. The third-order valence-corrected chi connectivity index (χ3v) is 7.15. The van der Waals surface area contributed by atoms with Gasteiger partial charge in [-0.1, -0.05) is 53.7 Å². The molecule has 0 bridgehead atoms. The van der Waals surface area contributed by atoms with Crippen molar-refractivity contribution >= 4 is 23.5 Å². The van der Waals surface area contributed by atoms with E-state index in [1.165, 1.54) is 5.56 Å². The van der Waals surface area contributed by atoms with Crippen LogP contribution in [0.3, 0.4) is 0 Å². The average Bonchev–Trinajstić information content (AvgIpc) is 3.15. The summed E-state index contributed by atoms with van der Waals surface area (Å²) in [7, 11) is 0. The molecule has 160 valence electrons. The van der Waals surface area contributed by atoms with Gasteiger partial charge in [-0.3, -0.25) is 9.36 Å². The van der Waals surface area contributed by atoms with Crippen LogP contribution in [0.2, 0.25) is 0 Å². The number of aryl methyl sites for hydroxylation is 2. The quantitative estimate of drug-likeness (QED) is 0.577. The highest BCUT2D eigenvalue weighted by molar-refractivity contribution is 8.00. The second kappa shape index (κ2) is 8.85. The third-order valence-electron chi connectivity index (χ3n) is 5.94. The molecule has 0 radical (unpaired) electrons. The fraction of sp³-hybridized carbons (Fsp3) is 0.375. The number of fused-ring (bicyclic) bond motifs is 1. The Morgan fingerprint density at radius 2 is 1.81 bits per heavy atom. The second-order valence-corrected chi connectivity index (χ2v) is 9.24. The van der Waals surface area contributed by atoms with Gasteiger partial charge in [0.2, 0.25) is 5.95 Å². The van der Waals surface area contributed by atoms with Gasteiger partial charge in [-0.15, -0.1) is 10.2 Å². The van der Waals surface area contributed by atoms with E-state index in [0.29, 0.717) is 13.2 Å². The third kappa shape index (κ3) is 4.12. The van der Waals surface area contributed by atoms with Gasteiger partial charge in [0.25, 0.3) is 0 Å². The zero-order chi connectivity index (χ0) is 21.2. The minimum absolute atomic E-state index is 0.158. The Labute approximate surface area is 186 Å². The summed E-state index contributed by atoms with van der Waals surface area (Å²) in [5.41, 5.74) is 4.23. The first-order chi connectivity index (χ1) is 15.2. The van der Waals surface area contributed by atoms with Gasteiger partial charge in [0, 0.05) is 18.7 Å². The van der Waals surface area contributed by atoms with Crippen LogP contribution in [-0.4, -0.2) is 52.1 Å². The Morgan fingerprint density at radius 3 is 2.61 bits per heavy atom. The number of anilines is 1. The molecule has 5 rings (SSSR count). The topological polar surface area (TPSA) is 60.2 Å². The normalized spacial score (nSPS) is 19.2. The van der Waals surface area contributed by atoms with E-state index in [-0.39, 0.29) is 11.0 Å². The largest absolute Gasteiger partial charge is 0.378 e. The molecule has 0 spiro atoms. The number of hydrogen-bond acceptors (Lipinski definition) is 6. The van der Waals surface area contributed by atoms with Crippen LogP contribution in [0.25, 0.3) is 5.69 Å². The lowest BCUT2D eigenvalue weighted by Gasteiger charge is -2.28. The van der Waals surface area contributed by atoms with E-state index in [9.17, 15) is 4.79 Å². The molecule has 2 aromatic carbocycles. The molecule has 7 heteroatoms. The number of ketones is 1. The summed E-state index contributed by atoms with van der Waals surface area (Å²) in [6.07, 6.45) is 2.78. The van der Waals surface area contributed by atoms with Gasteiger partial charge < -0.3 is 9.64 Å².